The average molecular weight is 268 g/mol. The van der Waals surface area contributed by atoms with E-state index in [2.05, 4.69) is 20.6 Å². The molecule has 106 valence electrons. The monoisotopic (exact) mass is 268 g/mol. The number of hydrogen-bond acceptors (Lipinski definition) is 5. The van der Waals surface area contributed by atoms with Gasteiger partial charge in [0.15, 0.2) is 11.6 Å². The minimum Gasteiger partial charge on any atom is -0.376 e. The molecule has 2 N–H and O–H groups in total. The molecule has 0 amide bonds. The topological polar surface area (TPSA) is 59.1 Å². The van der Waals surface area contributed by atoms with E-state index in [1.165, 1.54) is 6.20 Å². The Hall–Kier alpha value is -1.43. The largest absolute Gasteiger partial charge is 0.376 e. The maximum Gasteiger partial charge on any atom is 0.224 e. The zero-order valence-electron chi connectivity index (χ0n) is 11.7. The summed E-state index contributed by atoms with van der Waals surface area (Å²) in [6, 6.07) is 0. The van der Waals surface area contributed by atoms with E-state index in [0.29, 0.717) is 12.6 Å². The number of halogens is 1. The van der Waals surface area contributed by atoms with Gasteiger partial charge in [-0.2, -0.15) is 4.98 Å². The number of aromatic nitrogens is 2. The molecule has 0 spiro atoms. The number of rotatable bonds is 5. The van der Waals surface area contributed by atoms with Crippen LogP contribution in [0.2, 0.25) is 0 Å². The van der Waals surface area contributed by atoms with E-state index in [1.807, 2.05) is 20.8 Å². The summed E-state index contributed by atoms with van der Waals surface area (Å²) in [5.74, 6) is 0.233. The Morgan fingerprint density at radius 1 is 1.58 bits per heavy atom. The lowest BCUT2D eigenvalue weighted by atomic mass is 9.95. The van der Waals surface area contributed by atoms with Gasteiger partial charge in [-0.15, -0.1) is 0 Å². The third-order valence-corrected chi connectivity index (χ3v) is 3.57. The molecule has 0 saturated carbocycles. The van der Waals surface area contributed by atoms with E-state index < -0.39 is 5.82 Å². The summed E-state index contributed by atoms with van der Waals surface area (Å²) in [6.45, 7) is 7.50. The van der Waals surface area contributed by atoms with Gasteiger partial charge in [-0.3, -0.25) is 0 Å². The van der Waals surface area contributed by atoms with Crippen LogP contribution in [0.1, 0.15) is 33.6 Å². The highest BCUT2D eigenvalue weighted by atomic mass is 19.1. The van der Waals surface area contributed by atoms with Gasteiger partial charge in [-0.1, -0.05) is 6.92 Å². The quantitative estimate of drug-likeness (QED) is 0.859. The second-order valence-electron chi connectivity index (χ2n) is 5.12. The highest BCUT2D eigenvalue weighted by Gasteiger charge is 2.37. The van der Waals surface area contributed by atoms with Gasteiger partial charge < -0.3 is 15.4 Å². The van der Waals surface area contributed by atoms with Crippen LogP contribution in [-0.4, -0.2) is 34.8 Å². The Balaban J connectivity index is 2.14. The Labute approximate surface area is 113 Å². The van der Waals surface area contributed by atoms with Crippen LogP contribution in [0.25, 0.3) is 0 Å². The summed E-state index contributed by atoms with van der Waals surface area (Å²) in [4.78, 5) is 8.11. The predicted octanol–water partition coefficient (Wildman–Crippen LogP) is 2.42. The van der Waals surface area contributed by atoms with Crippen LogP contribution in [0.3, 0.4) is 0 Å². The predicted molar refractivity (Wildman–Crippen MR) is 72.8 cm³/mol. The average Bonchev–Trinajstić information content (AvgIpc) is 2.70. The third kappa shape index (κ3) is 3.12. The lowest BCUT2D eigenvalue weighted by molar-refractivity contribution is 0.105. The van der Waals surface area contributed by atoms with Gasteiger partial charge in [0, 0.05) is 13.2 Å². The van der Waals surface area contributed by atoms with Crippen LogP contribution in [0.5, 0.6) is 0 Å². The molecule has 1 aromatic rings. The van der Waals surface area contributed by atoms with Gasteiger partial charge in [0.25, 0.3) is 0 Å². The zero-order chi connectivity index (χ0) is 13.9. The highest BCUT2D eigenvalue weighted by molar-refractivity contribution is 5.43. The molecule has 2 atom stereocenters. The van der Waals surface area contributed by atoms with Crippen molar-refractivity contribution in [3.05, 3.63) is 12.0 Å². The van der Waals surface area contributed by atoms with Gasteiger partial charge in [-0.25, -0.2) is 9.37 Å². The number of hydrogen-bond donors (Lipinski definition) is 2. The first-order valence-corrected chi connectivity index (χ1v) is 6.71. The molecule has 1 aliphatic rings. The van der Waals surface area contributed by atoms with Crippen LogP contribution in [0.4, 0.5) is 16.2 Å². The van der Waals surface area contributed by atoms with E-state index in [0.717, 1.165) is 19.4 Å². The fraction of sp³-hybridized carbons (Fsp3) is 0.692. The molecule has 5 nitrogen and oxygen atoms in total. The van der Waals surface area contributed by atoms with Gasteiger partial charge in [-0.05, 0) is 26.7 Å². The van der Waals surface area contributed by atoms with Crippen molar-refractivity contribution in [3.8, 4) is 0 Å². The second-order valence-corrected chi connectivity index (χ2v) is 5.12. The first-order valence-electron chi connectivity index (χ1n) is 6.71. The third-order valence-electron chi connectivity index (χ3n) is 3.57. The molecular formula is C13H21FN4O. The summed E-state index contributed by atoms with van der Waals surface area (Å²) in [5.41, 5.74) is -0.294. The first kappa shape index (κ1) is 14.0. The lowest BCUT2D eigenvalue weighted by Gasteiger charge is -2.29. The summed E-state index contributed by atoms with van der Waals surface area (Å²) in [5, 5.41) is 6.21. The highest BCUT2D eigenvalue weighted by Crippen LogP contribution is 2.29. The molecule has 2 heterocycles. The van der Waals surface area contributed by atoms with Crippen LogP contribution >= 0.6 is 0 Å². The van der Waals surface area contributed by atoms with Gasteiger partial charge >= 0.3 is 0 Å². The van der Waals surface area contributed by atoms with Crippen molar-refractivity contribution in [1.82, 2.24) is 9.97 Å². The molecule has 2 rings (SSSR count). The first-order chi connectivity index (χ1) is 9.05. The summed E-state index contributed by atoms with van der Waals surface area (Å²) < 4.78 is 19.3. The smallest absolute Gasteiger partial charge is 0.224 e. The second kappa shape index (κ2) is 5.69. The molecule has 6 heteroatoms. The standard InChI is InChI=1S/C13H21FN4O/c1-4-6-15-12-16-8-10(14)11(17-12)18-13(3)5-7-19-9(13)2/h8-9H,4-7H2,1-3H3,(H2,15,16,17,18). The Kier molecular flexibility index (Phi) is 4.19. The number of anilines is 2. The maximum atomic E-state index is 13.8. The van der Waals surface area contributed by atoms with Crippen molar-refractivity contribution >= 4 is 11.8 Å². The molecule has 1 saturated heterocycles. The van der Waals surface area contributed by atoms with Crippen molar-refractivity contribution in [1.29, 1.82) is 0 Å². The fourth-order valence-electron chi connectivity index (χ4n) is 2.05. The number of ether oxygens (including phenoxy) is 1. The van der Waals surface area contributed by atoms with Gasteiger partial charge in [0.05, 0.1) is 17.8 Å². The van der Waals surface area contributed by atoms with Crippen molar-refractivity contribution in [2.45, 2.75) is 45.3 Å². The molecular weight excluding hydrogens is 247 g/mol. The Bertz CT molecular complexity index is 443. The molecule has 0 aromatic carbocycles. The molecule has 1 fully saturated rings. The van der Waals surface area contributed by atoms with Gasteiger partial charge in [0.2, 0.25) is 5.95 Å². The molecule has 0 radical (unpaired) electrons. The summed E-state index contributed by atoms with van der Waals surface area (Å²) in [7, 11) is 0. The normalized spacial score (nSPS) is 26.4. The Morgan fingerprint density at radius 3 is 3.00 bits per heavy atom. The van der Waals surface area contributed by atoms with Crippen LogP contribution in [-0.2, 0) is 4.74 Å². The molecule has 0 bridgehead atoms. The molecule has 1 aromatic heterocycles. The SMILES string of the molecule is CCCNc1ncc(F)c(NC2(C)CCOC2C)n1. The zero-order valence-corrected chi connectivity index (χ0v) is 11.7. The number of nitrogens with zero attached hydrogens (tertiary/aromatic N) is 2. The van der Waals surface area contributed by atoms with Crippen LogP contribution in [0.15, 0.2) is 6.20 Å². The van der Waals surface area contributed by atoms with Crippen molar-refractivity contribution in [3.63, 3.8) is 0 Å². The van der Waals surface area contributed by atoms with Crippen LogP contribution < -0.4 is 10.6 Å². The van der Waals surface area contributed by atoms with E-state index in [-0.39, 0.29) is 17.5 Å². The molecule has 19 heavy (non-hydrogen) atoms. The fourth-order valence-corrected chi connectivity index (χ4v) is 2.05. The van der Waals surface area contributed by atoms with E-state index >= 15 is 0 Å². The van der Waals surface area contributed by atoms with Crippen LogP contribution in [0, 0.1) is 5.82 Å². The van der Waals surface area contributed by atoms with E-state index in [4.69, 9.17) is 4.74 Å². The van der Waals surface area contributed by atoms with E-state index in [1.54, 1.807) is 0 Å². The Morgan fingerprint density at radius 2 is 2.37 bits per heavy atom. The summed E-state index contributed by atoms with van der Waals surface area (Å²) >= 11 is 0. The van der Waals surface area contributed by atoms with Crippen molar-refractivity contribution < 1.29 is 9.13 Å². The molecule has 0 aliphatic carbocycles. The molecule has 1 aliphatic heterocycles. The van der Waals surface area contributed by atoms with Gasteiger partial charge in [0.1, 0.15) is 0 Å². The maximum absolute atomic E-state index is 13.8. The van der Waals surface area contributed by atoms with Crippen molar-refractivity contribution in [2.75, 3.05) is 23.8 Å². The van der Waals surface area contributed by atoms with Crippen molar-refractivity contribution in [2.24, 2.45) is 0 Å². The minimum absolute atomic E-state index is 0.0221. The van der Waals surface area contributed by atoms with E-state index in [9.17, 15) is 4.39 Å². The summed E-state index contributed by atoms with van der Waals surface area (Å²) in [6.07, 6.45) is 3.01. The molecule has 2 unspecified atom stereocenters. The lowest BCUT2D eigenvalue weighted by Crippen LogP contribution is -2.41. The number of nitrogens with one attached hydrogen (secondary N) is 2. The minimum atomic E-state index is -0.442.